The highest BCUT2D eigenvalue weighted by molar-refractivity contribution is 8.00. The van der Waals surface area contributed by atoms with E-state index in [4.69, 9.17) is 10.2 Å². The van der Waals surface area contributed by atoms with Crippen LogP contribution in [0.4, 0.5) is 0 Å². The molecule has 8 heteroatoms. The molecule has 0 aliphatic carbocycles. The summed E-state index contributed by atoms with van der Waals surface area (Å²) in [5.41, 5.74) is 8.03. The quantitative estimate of drug-likeness (QED) is 0.640. The van der Waals surface area contributed by atoms with E-state index in [-0.39, 0.29) is 17.7 Å². The van der Waals surface area contributed by atoms with Crippen molar-refractivity contribution in [3.63, 3.8) is 0 Å². The Labute approximate surface area is 171 Å². The summed E-state index contributed by atoms with van der Waals surface area (Å²) >= 11 is 3.20. The molecule has 4 rings (SSSR count). The van der Waals surface area contributed by atoms with Gasteiger partial charge in [0.2, 0.25) is 5.91 Å². The fourth-order valence-electron chi connectivity index (χ4n) is 3.48. The Morgan fingerprint density at radius 1 is 1.39 bits per heavy atom. The number of para-hydroxylation sites is 1. The van der Waals surface area contributed by atoms with E-state index in [9.17, 15) is 9.59 Å². The molecule has 1 aliphatic rings. The number of likely N-dealkylation sites (tertiary alicyclic amines) is 1. The Morgan fingerprint density at radius 3 is 2.96 bits per heavy atom. The van der Waals surface area contributed by atoms with Gasteiger partial charge in [0.25, 0.3) is 5.91 Å². The minimum atomic E-state index is -0.350. The number of nitrogens with zero attached hydrogens (tertiary/aromatic N) is 2. The number of carbonyl (C=O) groups is 2. The highest BCUT2D eigenvalue weighted by atomic mass is 32.2. The van der Waals surface area contributed by atoms with Gasteiger partial charge in [0.15, 0.2) is 5.76 Å². The molecule has 2 N–H and O–H groups in total. The van der Waals surface area contributed by atoms with E-state index in [2.05, 4.69) is 4.98 Å². The molecule has 6 nitrogen and oxygen atoms in total. The lowest BCUT2D eigenvalue weighted by atomic mass is 9.97. The summed E-state index contributed by atoms with van der Waals surface area (Å²) in [6, 6.07) is 7.68. The Bertz CT molecular complexity index is 1030. The minimum absolute atomic E-state index is 0.173. The number of aryl methyl sites for hydroxylation is 1. The third kappa shape index (κ3) is 3.79. The van der Waals surface area contributed by atoms with Crippen LogP contribution in [0, 0.1) is 12.8 Å². The summed E-state index contributed by atoms with van der Waals surface area (Å²) in [6.45, 7) is 2.93. The number of aromatic nitrogens is 1. The summed E-state index contributed by atoms with van der Waals surface area (Å²) in [4.78, 5) is 31.0. The van der Waals surface area contributed by atoms with E-state index in [1.165, 1.54) is 0 Å². The van der Waals surface area contributed by atoms with Crippen molar-refractivity contribution in [2.24, 2.45) is 11.7 Å². The number of benzene rings is 1. The highest BCUT2D eigenvalue weighted by Crippen LogP contribution is 2.34. The Morgan fingerprint density at radius 2 is 2.21 bits per heavy atom. The minimum Gasteiger partial charge on any atom is -0.451 e. The lowest BCUT2D eigenvalue weighted by Gasteiger charge is -2.30. The fraction of sp³-hybridized carbons (Fsp3) is 0.350. The standard InChI is InChI=1S/C20H21N3O3S2/c1-12-10-27-20(22-12)28-11-15-14-6-2-3-7-16(14)26-17(15)19(25)23-8-4-5-13(9-23)18(21)24/h2-3,6-7,10,13H,4-5,8-9,11H2,1H3,(H2,21,24)/t13-/m1/s1. The number of thiazole rings is 1. The zero-order valence-electron chi connectivity index (χ0n) is 15.5. The lowest BCUT2D eigenvalue weighted by molar-refractivity contribution is -0.123. The van der Waals surface area contributed by atoms with Gasteiger partial charge in [-0.3, -0.25) is 9.59 Å². The first-order chi connectivity index (χ1) is 13.5. The van der Waals surface area contributed by atoms with E-state index >= 15 is 0 Å². The molecule has 1 aliphatic heterocycles. The smallest absolute Gasteiger partial charge is 0.289 e. The molecule has 0 radical (unpaired) electrons. The van der Waals surface area contributed by atoms with Gasteiger partial charge in [-0.05, 0) is 25.8 Å². The van der Waals surface area contributed by atoms with Gasteiger partial charge in [-0.25, -0.2) is 4.98 Å². The number of furan rings is 1. The summed E-state index contributed by atoms with van der Waals surface area (Å²) in [6.07, 6.45) is 1.49. The number of fused-ring (bicyclic) bond motifs is 1. The van der Waals surface area contributed by atoms with Crippen molar-refractivity contribution in [3.8, 4) is 0 Å². The second-order valence-corrected chi connectivity index (χ2v) is 9.02. The Balaban J connectivity index is 1.63. The number of hydrogen-bond donors (Lipinski definition) is 1. The number of piperidine rings is 1. The molecule has 2 amide bonds. The first-order valence-corrected chi connectivity index (χ1v) is 11.0. The second kappa shape index (κ2) is 7.97. The van der Waals surface area contributed by atoms with Crippen LogP contribution in [0.5, 0.6) is 0 Å². The maximum atomic E-state index is 13.2. The number of thioether (sulfide) groups is 1. The maximum Gasteiger partial charge on any atom is 0.289 e. The zero-order chi connectivity index (χ0) is 19.7. The zero-order valence-corrected chi connectivity index (χ0v) is 17.1. The topological polar surface area (TPSA) is 89.4 Å². The molecular weight excluding hydrogens is 394 g/mol. The number of rotatable bonds is 5. The molecule has 3 heterocycles. The number of amides is 2. The molecule has 28 heavy (non-hydrogen) atoms. The molecule has 0 spiro atoms. The van der Waals surface area contributed by atoms with Crippen molar-refractivity contribution in [1.82, 2.24) is 9.88 Å². The predicted molar refractivity (Wildman–Crippen MR) is 110 cm³/mol. The Hall–Kier alpha value is -2.32. The summed E-state index contributed by atoms with van der Waals surface area (Å²) in [7, 11) is 0. The molecular formula is C20H21N3O3S2. The predicted octanol–water partition coefficient (Wildman–Crippen LogP) is 3.83. The fourth-order valence-corrected chi connectivity index (χ4v) is 5.36. The van der Waals surface area contributed by atoms with Crippen LogP contribution in [0.25, 0.3) is 11.0 Å². The number of hydrogen-bond acceptors (Lipinski definition) is 6. The molecule has 0 saturated carbocycles. The van der Waals surface area contributed by atoms with Gasteiger partial charge in [0, 0.05) is 40.9 Å². The van der Waals surface area contributed by atoms with Crippen LogP contribution in [-0.4, -0.2) is 34.8 Å². The van der Waals surface area contributed by atoms with Gasteiger partial charge < -0.3 is 15.1 Å². The van der Waals surface area contributed by atoms with Gasteiger partial charge in [-0.2, -0.15) is 0 Å². The van der Waals surface area contributed by atoms with Crippen LogP contribution >= 0.6 is 23.1 Å². The van der Waals surface area contributed by atoms with E-state index in [0.717, 1.165) is 33.8 Å². The van der Waals surface area contributed by atoms with E-state index < -0.39 is 0 Å². The molecule has 2 aromatic heterocycles. The van der Waals surface area contributed by atoms with Crippen LogP contribution in [0.2, 0.25) is 0 Å². The summed E-state index contributed by atoms with van der Waals surface area (Å²) < 4.78 is 6.93. The SMILES string of the molecule is Cc1csc(SCc2c(C(=O)N3CCC[C@@H](C(N)=O)C3)oc3ccccc23)n1. The van der Waals surface area contributed by atoms with Crippen LogP contribution < -0.4 is 5.73 Å². The average Bonchev–Trinajstić information content (AvgIpc) is 3.29. The van der Waals surface area contributed by atoms with Crippen molar-refractivity contribution < 1.29 is 14.0 Å². The number of carbonyl (C=O) groups excluding carboxylic acids is 2. The largest absolute Gasteiger partial charge is 0.451 e. The number of primary amides is 1. The van der Waals surface area contributed by atoms with Crippen molar-refractivity contribution in [2.75, 3.05) is 13.1 Å². The normalized spacial score (nSPS) is 17.2. The first kappa shape index (κ1) is 19.0. The second-order valence-electron chi connectivity index (χ2n) is 6.94. The van der Waals surface area contributed by atoms with Gasteiger partial charge >= 0.3 is 0 Å². The van der Waals surface area contributed by atoms with E-state index in [1.807, 2.05) is 36.6 Å². The van der Waals surface area contributed by atoms with Crippen molar-refractivity contribution in [3.05, 3.63) is 46.7 Å². The lowest BCUT2D eigenvalue weighted by Crippen LogP contribution is -2.44. The number of nitrogens with two attached hydrogens (primary N) is 1. The van der Waals surface area contributed by atoms with Crippen LogP contribution in [0.15, 0.2) is 38.4 Å². The third-order valence-electron chi connectivity index (χ3n) is 4.94. The van der Waals surface area contributed by atoms with Crippen LogP contribution in [-0.2, 0) is 10.5 Å². The van der Waals surface area contributed by atoms with Crippen LogP contribution in [0.3, 0.4) is 0 Å². The molecule has 1 atom stereocenters. The summed E-state index contributed by atoms with van der Waals surface area (Å²) in [5, 5.41) is 2.95. The Kier molecular flexibility index (Phi) is 5.41. The molecule has 1 aromatic carbocycles. The van der Waals surface area contributed by atoms with E-state index in [1.54, 1.807) is 28.0 Å². The molecule has 146 valence electrons. The van der Waals surface area contributed by atoms with Crippen LogP contribution in [0.1, 0.15) is 34.7 Å². The molecule has 3 aromatic rings. The third-order valence-corrected chi connectivity index (χ3v) is 7.11. The van der Waals surface area contributed by atoms with Crippen molar-refractivity contribution in [2.45, 2.75) is 29.9 Å². The highest BCUT2D eigenvalue weighted by Gasteiger charge is 2.31. The molecule has 1 saturated heterocycles. The first-order valence-electron chi connectivity index (χ1n) is 9.17. The van der Waals surface area contributed by atoms with Gasteiger partial charge in [0.05, 0.1) is 5.92 Å². The maximum absolute atomic E-state index is 13.2. The van der Waals surface area contributed by atoms with Gasteiger partial charge in [0.1, 0.15) is 9.92 Å². The molecule has 1 fully saturated rings. The molecule has 0 bridgehead atoms. The average molecular weight is 416 g/mol. The monoisotopic (exact) mass is 415 g/mol. The van der Waals surface area contributed by atoms with Gasteiger partial charge in [-0.15, -0.1) is 11.3 Å². The van der Waals surface area contributed by atoms with E-state index in [0.29, 0.717) is 30.2 Å². The molecule has 0 unspecified atom stereocenters. The summed E-state index contributed by atoms with van der Waals surface area (Å²) in [5.74, 6) is 0.133. The van der Waals surface area contributed by atoms with Crippen molar-refractivity contribution >= 4 is 45.9 Å². The van der Waals surface area contributed by atoms with Crippen molar-refractivity contribution in [1.29, 1.82) is 0 Å². The van der Waals surface area contributed by atoms with Gasteiger partial charge in [-0.1, -0.05) is 30.0 Å².